The van der Waals surface area contributed by atoms with E-state index in [-0.39, 0.29) is 5.57 Å². The predicted molar refractivity (Wildman–Crippen MR) is 59.8 cm³/mol. The van der Waals surface area contributed by atoms with Crippen LogP contribution < -0.4 is 10.7 Å². The molecule has 1 aromatic heterocycles. The van der Waals surface area contributed by atoms with E-state index < -0.39 is 5.97 Å². The Morgan fingerprint density at radius 1 is 1.62 bits per heavy atom. The summed E-state index contributed by atoms with van der Waals surface area (Å²) in [4.78, 5) is 18.2. The summed E-state index contributed by atoms with van der Waals surface area (Å²) in [6.45, 7) is 2.05. The number of ether oxygens (including phenoxy) is 1. The highest BCUT2D eigenvalue weighted by molar-refractivity contribution is 6.07. The minimum atomic E-state index is -0.464. The summed E-state index contributed by atoms with van der Waals surface area (Å²) in [7, 11) is 0. The Labute approximate surface area is 93.7 Å². The molecule has 0 amide bonds. The molecule has 1 aromatic rings. The molecular weight excluding hydrogens is 206 g/mol. The number of aromatic nitrogens is 1. The zero-order chi connectivity index (χ0) is 11.8. The maximum Gasteiger partial charge on any atom is 0.343 e. The lowest BCUT2D eigenvalue weighted by molar-refractivity contribution is -0.352. The van der Waals surface area contributed by atoms with Gasteiger partial charge in [0, 0.05) is 12.3 Å². The van der Waals surface area contributed by atoms with Crippen LogP contribution in [0.4, 0.5) is 5.82 Å². The highest BCUT2D eigenvalue weighted by atomic mass is 16.5. The molecule has 1 heterocycles. The zero-order valence-electron chi connectivity index (χ0n) is 9.01. The third kappa shape index (κ3) is 3.53. The summed E-state index contributed by atoms with van der Waals surface area (Å²) in [6, 6.07) is 5.41. The van der Waals surface area contributed by atoms with Crippen LogP contribution in [0.15, 0.2) is 36.2 Å². The molecule has 0 saturated carbocycles. The van der Waals surface area contributed by atoms with Gasteiger partial charge in [-0.25, -0.2) is 9.79 Å². The second-order valence-corrected chi connectivity index (χ2v) is 2.85. The van der Waals surface area contributed by atoms with Crippen molar-refractivity contribution in [3.8, 4) is 0 Å². The summed E-state index contributed by atoms with van der Waals surface area (Å²) < 4.78 is 4.80. The van der Waals surface area contributed by atoms with Gasteiger partial charge < -0.3 is 10.5 Å². The van der Waals surface area contributed by atoms with Crippen LogP contribution in [-0.4, -0.2) is 23.8 Å². The van der Waals surface area contributed by atoms with Gasteiger partial charge in [-0.05, 0) is 13.0 Å². The molecule has 0 radical (unpaired) electrons. The Hall–Kier alpha value is -2.17. The van der Waals surface area contributed by atoms with Crippen LogP contribution in [0.25, 0.3) is 0 Å². The number of nitrogens with one attached hydrogen (secondary N) is 1. The van der Waals surface area contributed by atoms with Gasteiger partial charge >= 0.3 is 11.8 Å². The van der Waals surface area contributed by atoms with E-state index in [4.69, 9.17) is 10.5 Å². The van der Waals surface area contributed by atoms with Crippen LogP contribution in [-0.2, 0) is 9.53 Å². The molecule has 5 nitrogen and oxygen atoms in total. The molecule has 16 heavy (non-hydrogen) atoms. The van der Waals surface area contributed by atoms with Gasteiger partial charge in [-0.1, -0.05) is 11.1 Å². The molecule has 0 bridgehead atoms. The van der Waals surface area contributed by atoms with E-state index in [0.29, 0.717) is 12.4 Å². The van der Waals surface area contributed by atoms with E-state index in [1.165, 1.54) is 12.4 Å². The monoisotopic (exact) mass is 220 g/mol. The Morgan fingerprint density at radius 2 is 2.44 bits per heavy atom. The Kier molecular flexibility index (Phi) is 4.72. The van der Waals surface area contributed by atoms with Crippen LogP contribution in [0, 0.1) is 0 Å². The third-order valence-electron chi connectivity index (χ3n) is 1.73. The molecule has 0 fully saturated rings. The average Bonchev–Trinajstić information content (AvgIpc) is 2.31. The summed E-state index contributed by atoms with van der Waals surface area (Å²) in [5, 5.41) is 0. The molecule has 1 rings (SSSR count). The van der Waals surface area contributed by atoms with E-state index in [0.717, 1.165) is 0 Å². The second kappa shape index (κ2) is 6.34. The molecule has 84 valence electrons. The molecule has 3 N–H and O–H groups in total. The lowest BCUT2D eigenvalue weighted by Crippen LogP contribution is -2.62. The van der Waals surface area contributed by atoms with Crippen LogP contribution in [0.2, 0.25) is 0 Å². The molecule has 0 saturated heterocycles. The van der Waals surface area contributed by atoms with Crippen LogP contribution in [0.3, 0.4) is 0 Å². The first kappa shape index (κ1) is 11.9. The maximum absolute atomic E-state index is 11.3. The summed E-state index contributed by atoms with van der Waals surface area (Å²) in [5.41, 5.74) is 5.57. The van der Waals surface area contributed by atoms with Gasteiger partial charge in [0.25, 0.3) is 0 Å². The van der Waals surface area contributed by atoms with E-state index >= 15 is 0 Å². The predicted octanol–water partition coefficient (Wildman–Crippen LogP) is -0.730. The Morgan fingerprint density at radius 3 is 3.00 bits per heavy atom. The fourth-order valence-corrected chi connectivity index (χ4v) is 0.989. The van der Waals surface area contributed by atoms with Gasteiger partial charge in [0.15, 0.2) is 0 Å². The highest BCUT2D eigenvalue weighted by Crippen LogP contribution is 1.92. The molecule has 0 aliphatic heterocycles. The van der Waals surface area contributed by atoms with Gasteiger partial charge in [0.05, 0.1) is 6.61 Å². The fraction of sp³-hybridized carbons (Fsp3) is 0.182. The molecule has 0 unspecified atom stereocenters. The van der Waals surface area contributed by atoms with Crippen molar-refractivity contribution in [3.63, 3.8) is 0 Å². The number of esters is 1. The molecule has 0 atom stereocenters. The standard InChI is InChI=1S/C11H13N3O2/c1-2-16-11(15)9(7-12)8-14-10-5-3-4-6-13-10/h3-8H,2,12H2,1H3/p+1. The molecular formula is C11H14N3O2+. The van der Waals surface area contributed by atoms with Gasteiger partial charge in [0.1, 0.15) is 18.0 Å². The van der Waals surface area contributed by atoms with E-state index in [1.54, 1.807) is 25.3 Å². The first-order valence-corrected chi connectivity index (χ1v) is 4.87. The number of carbonyl (C=O) groups excluding carboxylic acids is 1. The maximum atomic E-state index is 11.3. The lowest BCUT2D eigenvalue weighted by Gasteiger charge is -1.98. The minimum absolute atomic E-state index is 0.257. The fourth-order valence-electron chi connectivity index (χ4n) is 0.989. The van der Waals surface area contributed by atoms with Crippen molar-refractivity contribution in [2.45, 2.75) is 6.92 Å². The SMILES string of the molecule is CCOC(=O)C(C=[NH+]c1ccccn1)=CN. The van der Waals surface area contributed by atoms with Crippen molar-refractivity contribution in [3.05, 3.63) is 36.2 Å². The molecule has 0 spiro atoms. The normalized spacial score (nSPS) is 11.7. The molecule has 0 aliphatic carbocycles. The van der Waals surface area contributed by atoms with E-state index in [1.807, 2.05) is 6.07 Å². The molecule has 5 heteroatoms. The van der Waals surface area contributed by atoms with Gasteiger partial charge in [-0.3, -0.25) is 0 Å². The van der Waals surface area contributed by atoms with Gasteiger partial charge in [-0.2, -0.15) is 0 Å². The second-order valence-electron chi connectivity index (χ2n) is 2.85. The molecule has 0 aliphatic rings. The van der Waals surface area contributed by atoms with E-state index in [2.05, 4.69) is 9.98 Å². The summed E-state index contributed by atoms with van der Waals surface area (Å²) >= 11 is 0. The van der Waals surface area contributed by atoms with Crippen molar-refractivity contribution >= 4 is 18.0 Å². The van der Waals surface area contributed by atoms with Crippen molar-refractivity contribution in [2.75, 3.05) is 6.61 Å². The first-order chi connectivity index (χ1) is 7.77. The topological polar surface area (TPSA) is 79.2 Å². The largest absolute Gasteiger partial charge is 0.462 e. The van der Waals surface area contributed by atoms with Crippen molar-refractivity contribution in [2.24, 2.45) is 5.73 Å². The van der Waals surface area contributed by atoms with Crippen molar-refractivity contribution in [1.82, 2.24) is 4.98 Å². The van der Waals surface area contributed by atoms with E-state index in [9.17, 15) is 4.79 Å². The Bertz CT molecular complexity index is 399. The highest BCUT2D eigenvalue weighted by Gasteiger charge is 2.08. The number of carbonyl (C=O) groups is 1. The third-order valence-corrected chi connectivity index (χ3v) is 1.73. The number of hydrogen-bond donors (Lipinski definition) is 2. The molecule has 0 aromatic carbocycles. The smallest absolute Gasteiger partial charge is 0.343 e. The summed E-state index contributed by atoms with van der Waals surface area (Å²) in [5.74, 6) is 0.166. The number of nitrogens with two attached hydrogens (primary N) is 1. The number of rotatable bonds is 4. The number of pyridine rings is 1. The minimum Gasteiger partial charge on any atom is -0.462 e. The van der Waals surface area contributed by atoms with Crippen LogP contribution in [0.1, 0.15) is 6.92 Å². The number of nitrogens with zero attached hydrogens (tertiary/aromatic N) is 1. The quantitative estimate of drug-likeness (QED) is 0.398. The van der Waals surface area contributed by atoms with Crippen molar-refractivity contribution < 1.29 is 14.5 Å². The number of hydrogen-bond acceptors (Lipinski definition) is 4. The van der Waals surface area contributed by atoms with Crippen LogP contribution >= 0.6 is 0 Å². The van der Waals surface area contributed by atoms with Gasteiger partial charge in [0.2, 0.25) is 0 Å². The first-order valence-electron chi connectivity index (χ1n) is 4.87. The Balaban J connectivity index is 2.72. The zero-order valence-corrected chi connectivity index (χ0v) is 9.01. The van der Waals surface area contributed by atoms with Crippen molar-refractivity contribution in [1.29, 1.82) is 0 Å². The van der Waals surface area contributed by atoms with Gasteiger partial charge in [-0.15, -0.1) is 0 Å². The average molecular weight is 220 g/mol. The van der Waals surface area contributed by atoms with Crippen LogP contribution in [0.5, 0.6) is 0 Å². The lowest BCUT2D eigenvalue weighted by atomic mass is 10.3. The summed E-state index contributed by atoms with van der Waals surface area (Å²) in [6.07, 6.45) is 4.29.